The van der Waals surface area contributed by atoms with Crippen LogP contribution in [0.3, 0.4) is 0 Å². The number of alkyl carbamates (subject to hydrolysis) is 1. The van der Waals surface area contributed by atoms with Crippen molar-refractivity contribution in [1.29, 1.82) is 0 Å². The Hall–Kier alpha value is -0.810. The Morgan fingerprint density at radius 2 is 2.19 bits per heavy atom. The Labute approximate surface area is 95.9 Å². The molecule has 2 aliphatic rings. The molecule has 2 aliphatic heterocycles. The van der Waals surface area contributed by atoms with Crippen LogP contribution in [0.5, 0.6) is 0 Å². The molecule has 2 heterocycles. The lowest BCUT2D eigenvalue weighted by molar-refractivity contribution is 0.0491. The highest BCUT2D eigenvalue weighted by Gasteiger charge is 2.41. The molecular formula is C11H20N2O3. The van der Waals surface area contributed by atoms with Gasteiger partial charge in [-0.15, -0.1) is 0 Å². The zero-order chi connectivity index (χ0) is 11.8. The Bertz CT molecular complexity index is 275. The van der Waals surface area contributed by atoms with Crippen LogP contribution in [-0.4, -0.2) is 43.5 Å². The number of hydrogen-bond donors (Lipinski definition) is 2. The van der Waals surface area contributed by atoms with Gasteiger partial charge in [0, 0.05) is 18.5 Å². The van der Waals surface area contributed by atoms with Crippen molar-refractivity contribution in [3.05, 3.63) is 0 Å². The molecule has 0 spiro atoms. The van der Waals surface area contributed by atoms with Crippen LogP contribution >= 0.6 is 0 Å². The van der Waals surface area contributed by atoms with Gasteiger partial charge in [-0.25, -0.2) is 4.79 Å². The van der Waals surface area contributed by atoms with Gasteiger partial charge in [-0.05, 0) is 20.8 Å². The average Bonchev–Trinajstić information content (AvgIpc) is 2.66. The summed E-state index contributed by atoms with van der Waals surface area (Å²) in [7, 11) is 0. The van der Waals surface area contributed by atoms with Crippen LogP contribution < -0.4 is 10.6 Å². The topological polar surface area (TPSA) is 59.6 Å². The quantitative estimate of drug-likeness (QED) is 0.686. The summed E-state index contributed by atoms with van der Waals surface area (Å²) < 4.78 is 10.6. The third-order valence-electron chi connectivity index (χ3n) is 2.94. The van der Waals surface area contributed by atoms with E-state index in [0.717, 1.165) is 19.8 Å². The monoisotopic (exact) mass is 228 g/mol. The molecule has 2 fully saturated rings. The zero-order valence-corrected chi connectivity index (χ0v) is 10.1. The molecule has 2 saturated heterocycles. The fraction of sp³-hybridized carbons (Fsp3) is 0.909. The maximum Gasteiger partial charge on any atom is 0.407 e. The van der Waals surface area contributed by atoms with Gasteiger partial charge in [0.05, 0.1) is 19.3 Å². The molecule has 0 unspecified atom stereocenters. The van der Waals surface area contributed by atoms with E-state index in [2.05, 4.69) is 10.6 Å². The van der Waals surface area contributed by atoms with Crippen LogP contribution in [0.25, 0.3) is 0 Å². The Morgan fingerprint density at radius 1 is 1.44 bits per heavy atom. The molecule has 0 aromatic rings. The first kappa shape index (κ1) is 11.7. The summed E-state index contributed by atoms with van der Waals surface area (Å²) in [5.74, 6) is 0.382. The standard InChI is InChI=1S/C11H20N2O3/c1-11(2,3)16-10(14)13-8-4-12-9-6-15-5-7(8)9/h7-9,12H,4-6H2,1-3H3,(H,13,14)/t7-,8-,9+/m1/s1. The highest BCUT2D eigenvalue weighted by molar-refractivity contribution is 5.68. The predicted octanol–water partition coefficient (Wildman–Crippen LogP) is 0.498. The first-order chi connectivity index (χ1) is 7.46. The van der Waals surface area contributed by atoms with E-state index in [1.54, 1.807) is 0 Å². The van der Waals surface area contributed by atoms with Gasteiger partial charge in [-0.2, -0.15) is 0 Å². The van der Waals surface area contributed by atoms with Gasteiger partial charge in [0.2, 0.25) is 0 Å². The van der Waals surface area contributed by atoms with Gasteiger partial charge >= 0.3 is 6.09 Å². The molecular weight excluding hydrogens is 208 g/mol. The van der Waals surface area contributed by atoms with E-state index >= 15 is 0 Å². The summed E-state index contributed by atoms with van der Waals surface area (Å²) in [5.41, 5.74) is -0.443. The summed E-state index contributed by atoms with van der Waals surface area (Å²) >= 11 is 0. The number of rotatable bonds is 1. The lowest BCUT2D eigenvalue weighted by Crippen LogP contribution is -2.43. The lowest BCUT2D eigenvalue weighted by atomic mass is 10.0. The number of hydrogen-bond acceptors (Lipinski definition) is 4. The molecule has 0 aromatic carbocycles. The zero-order valence-electron chi connectivity index (χ0n) is 10.1. The number of amides is 1. The minimum Gasteiger partial charge on any atom is -0.444 e. The molecule has 1 amide bonds. The van der Waals surface area contributed by atoms with Crippen molar-refractivity contribution in [2.75, 3.05) is 19.8 Å². The molecule has 3 atom stereocenters. The van der Waals surface area contributed by atoms with Crippen molar-refractivity contribution in [1.82, 2.24) is 10.6 Å². The van der Waals surface area contributed by atoms with Gasteiger partial charge in [0.1, 0.15) is 5.60 Å². The van der Waals surface area contributed by atoms with Crippen molar-refractivity contribution in [3.8, 4) is 0 Å². The number of carbonyl (C=O) groups excluding carboxylic acids is 1. The number of fused-ring (bicyclic) bond motifs is 1. The van der Waals surface area contributed by atoms with Crippen molar-refractivity contribution in [3.63, 3.8) is 0 Å². The molecule has 2 N–H and O–H groups in total. The molecule has 0 radical (unpaired) electrons. The maximum absolute atomic E-state index is 11.6. The molecule has 0 bridgehead atoms. The summed E-state index contributed by atoms with van der Waals surface area (Å²) in [4.78, 5) is 11.6. The minimum atomic E-state index is -0.443. The van der Waals surface area contributed by atoms with E-state index in [9.17, 15) is 4.79 Å². The van der Waals surface area contributed by atoms with Crippen LogP contribution in [0.15, 0.2) is 0 Å². The van der Waals surface area contributed by atoms with Gasteiger partial charge in [-0.3, -0.25) is 0 Å². The molecule has 5 heteroatoms. The second-order valence-electron chi connectivity index (χ2n) is 5.47. The van der Waals surface area contributed by atoms with Gasteiger partial charge in [0.25, 0.3) is 0 Å². The van der Waals surface area contributed by atoms with Crippen molar-refractivity contribution in [2.24, 2.45) is 5.92 Å². The van der Waals surface area contributed by atoms with E-state index in [0.29, 0.717) is 12.0 Å². The largest absolute Gasteiger partial charge is 0.444 e. The highest BCUT2D eigenvalue weighted by Crippen LogP contribution is 2.23. The van der Waals surface area contributed by atoms with E-state index in [1.807, 2.05) is 20.8 Å². The summed E-state index contributed by atoms with van der Waals surface area (Å²) in [5, 5.41) is 6.24. The molecule has 16 heavy (non-hydrogen) atoms. The molecule has 0 aromatic heterocycles. The van der Waals surface area contributed by atoms with Gasteiger partial charge in [0.15, 0.2) is 0 Å². The number of nitrogens with one attached hydrogen (secondary N) is 2. The predicted molar refractivity (Wildman–Crippen MR) is 59.3 cm³/mol. The second kappa shape index (κ2) is 4.22. The lowest BCUT2D eigenvalue weighted by Gasteiger charge is -2.23. The maximum atomic E-state index is 11.6. The van der Waals surface area contributed by atoms with Crippen LogP contribution in [-0.2, 0) is 9.47 Å². The number of ether oxygens (including phenoxy) is 2. The van der Waals surface area contributed by atoms with Crippen LogP contribution in [0.1, 0.15) is 20.8 Å². The van der Waals surface area contributed by atoms with Crippen LogP contribution in [0.2, 0.25) is 0 Å². The SMILES string of the molecule is CC(C)(C)OC(=O)N[C@@H]1CN[C@H]2COC[C@@H]21. The third-order valence-corrected chi connectivity index (χ3v) is 2.94. The van der Waals surface area contributed by atoms with E-state index in [-0.39, 0.29) is 12.1 Å². The smallest absolute Gasteiger partial charge is 0.407 e. The Kier molecular flexibility index (Phi) is 3.08. The fourth-order valence-corrected chi connectivity index (χ4v) is 2.22. The third kappa shape index (κ3) is 2.65. The molecule has 92 valence electrons. The summed E-state index contributed by atoms with van der Waals surface area (Å²) in [6.45, 7) is 7.86. The average molecular weight is 228 g/mol. The molecule has 2 rings (SSSR count). The number of carbonyl (C=O) groups is 1. The second-order valence-corrected chi connectivity index (χ2v) is 5.47. The van der Waals surface area contributed by atoms with E-state index in [4.69, 9.17) is 9.47 Å². The molecule has 5 nitrogen and oxygen atoms in total. The van der Waals surface area contributed by atoms with Crippen molar-refractivity contribution < 1.29 is 14.3 Å². The fourth-order valence-electron chi connectivity index (χ4n) is 2.22. The minimum absolute atomic E-state index is 0.127. The normalized spacial score (nSPS) is 33.6. The van der Waals surface area contributed by atoms with Crippen molar-refractivity contribution in [2.45, 2.75) is 38.5 Å². The molecule has 0 saturated carbocycles. The van der Waals surface area contributed by atoms with Gasteiger partial charge in [-0.1, -0.05) is 0 Å². The van der Waals surface area contributed by atoms with E-state index in [1.165, 1.54) is 0 Å². The molecule has 0 aliphatic carbocycles. The summed E-state index contributed by atoms with van der Waals surface area (Å²) in [6, 6.07) is 0.516. The highest BCUT2D eigenvalue weighted by atomic mass is 16.6. The Morgan fingerprint density at radius 3 is 2.88 bits per heavy atom. The first-order valence-corrected chi connectivity index (χ1v) is 5.76. The Balaban J connectivity index is 1.83. The van der Waals surface area contributed by atoms with Gasteiger partial charge < -0.3 is 20.1 Å². The first-order valence-electron chi connectivity index (χ1n) is 5.76. The van der Waals surface area contributed by atoms with Crippen LogP contribution in [0, 0.1) is 5.92 Å². The van der Waals surface area contributed by atoms with E-state index < -0.39 is 5.60 Å². The van der Waals surface area contributed by atoms with Crippen LogP contribution in [0.4, 0.5) is 4.79 Å². The summed E-state index contributed by atoms with van der Waals surface area (Å²) in [6.07, 6.45) is -0.341. The van der Waals surface area contributed by atoms with Crippen molar-refractivity contribution >= 4 is 6.09 Å².